The number of halogens is 1. The van der Waals surface area contributed by atoms with Crippen LogP contribution in [0.1, 0.15) is 23.2 Å². The average molecular weight is 327 g/mol. The molecule has 2 heterocycles. The fraction of sp³-hybridized carbons (Fsp3) is 0.333. The molecule has 18 heavy (non-hydrogen) atoms. The van der Waals surface area contributed by atoms with Gasteiger partial charge in [-0.25, -0.2) is 9.97 Å². The number of nitrogens with zero attached hydrogens (tertiary/aromatic N) is 2. The second-order valence-electron chi connectivity index (χ2n) is 3.94. The molecule has 2 aromatic rings. The number of rotatable bonds is 4. The third kappa shape index (κ3) is 3.00. The zero-order valence-electron chi connectivity index (χ0n) is 10.3. The van der Waals surface area contributed by atoms with Crippen molar-refractivity contribution in [2.75, 3.05) is 11.1 Å². The predicted molar refractivity (Wildman–Crippen MR) is 79.9 cm³/mol. The Balaban J connectivity index is 2.15. The van der Waals surface area contributed by atoms with E-state index in [0.29, 0.717) is 5.82 Å². The van der Waals surface area contributed by atoms with Gasteiger partial charge in [0.05, 0.1) is 6.54 Å². The summed E-state index contributed by atoms with van der Waals surface area (Å²) in [4.78, 5) is 9.94. The molecule has 96 valence electrons. The van der Waals surface area contributed by atoms with Crippen LogP contribution in [0.15, 0.2) is 15.9 Å². The maximum atomic E-state index is 5.87. The molecule has 0 aliphatic carbocycles. The van der Waals surface area contributed by atoms with E-state index in [-0.39, 0.29) is 0 Å². The molecule has 0 saturated heterocycles. The molecule has 2 rings (SSSR count). The van der Waals surface area contributed by atoms with Crippen molar-refractivity contribution in [3.05, 3.63) is 32.2 Å². The first-order valence-corrected chi connectivity index (χ1v) is 7.37. The Hall–Kier alpha value is -1.14. The molecule has 0 spiro atoms. The number of nitrogen functional groups attached to an aromatic ring is 1. The predicted octanol–water partition coefficient (Wildman–Crippen LogP) is 3.37. The maximum Gasteiger partial charge on any atom is 0.135 e. The van der Waals surface area contributed by atoms with Gasteiger partial charge in [0.25, 0.3) is 0 Å². The minimum Gasteiger partial charge on any atom is -0.383 e. The van der Waals surface area contributed by atoms with Gasteiger partial charge in [-0.05, 0) is 28.9 Å². The molecule has 6 heteroatoms. The van der Waals surface area contributed by atoms with E-state index < -0.39 is 0 Å². The summed E-state index contributed by atoms with van der Waals surface area (Å²) in [6, 6.07) is 2.10. The number of nitrogens with one attached hydrogen (secondary N) is 1. The largest absolute Gasteiger partial charge is 0.383 e. The van der Waals surface area contributed by atoms with E-state index in [1.165, 1.54) is 4.88 Å². The standard InChI is InChI=1S/C12H15BrN4S/c1-3-10-16-11(14)7(2)12(17-10)15-5-9-4-8(13)6-18-9/h4,6H,3,5H2,1-2H3,(H3,14,15,16,17). The Morgan fingerprint density at radius 1 is 1.44 bits per heavy atom. The molecule has 0 fully saturated rings. The Kier molecular flexibility index (Phi) is 4.19. The highest BCUT2D eigenvalue weighted by atomic mass is 79.9. The maximum absolute atomic E-state index is 5.87. The Morgan fingerprint density at radius 2 is 2.22 bits per heavy atom. The van der Waals surface area contributed by atoms with Gasteiger partial charge < -0.3 is 11.1 Å². The molecule has 3 N–H and O–H groups in total. The number of aromatic nitrogens is 2. The number of anilines is 2. The van der Waals surface area contributed by atoms with Crippen LogP contribution in [0.2, 0.25) is 0 Å². The van der Waals surface area contributed by atoms with E-state index in [0.717, 1.165) is 34.6 Å². The van der Waals surface area contributed by atoms with Crippen LogP contribution in [0.3, 0.4) is 0 Å². The third-order valence-electron chi connectivity index (χ3n) is 2.60. The van der Waals surface area contributed by atoms with Crippen LogP contribution in [0, 0.1) is 6.92 Å². The summed E-state index contributed by atoms with van der Waals surface area (Å²) in [6.45, 7) is 4.70. The molecular formula is C12H15BrN4S. The van der Waals surface area contributed by atoms with Crippen LogP contribution in [-0.4, -0.2) is 9.97 Å². The van der Waals surface area contributed by atoms with Gasteiger partial charge >= 0.3 is 0 Å². The zero-order chi connectivity index (χ0) is 13.1. The fourth-order valence-electron chi connectivity index (χ4n) is 1.53. The first-order chi connectivity index (χ1) is 8.60. The topological polar surface area (TPSA) is 63.8 Å². The summed E-state index contributed by atoms with van der Waals surface area (Å²) in [5, 5.41) is 5.38. The van der Waals surface area contributed by atoms with Crippen molar-refractivity contribution in [3.63, 3.8) is 0 Å². The van der Waals surface area contributed by atoms with Crippen molar-refractivity contribution in [3.8, 4) is 0 Å². The molecule has 4 nitrogen and oxygen atoms in total. The summed E-state index contributed by atoms with van der Waals surface area (Å²) < 4.78 is 1.11. The molecule has 0 aromatic carbocycles. The van der Waals surface area contributed by atoms with Gasteiger partial charge in [-0.2, -0.15) is 0 Å². The Labute approximate surface area is 119 Å². The number of hydrogen-bond donors (Lipinski definition) is 2. The van der Waals surface area contributed by atoms with Crippen LogP contribution in [0.25, 0.3) is 0 Å². The molecular weight excluding hydrogens is 312 g/mol. The monoisotopic (exact) mass is 326 g/mol. The smallest absolute Gasteiger partial charge is 0.135 e. The second-order valence-corrected chi connectivity index (χ2v) is 5.85. The van der Waals surface area contributed by atoms with E-state index in [1.54, 1.807) is 11.3 Å². The summed E-state index contributed by atoms with van der Waals surface area (Å²) >= 11 is 5.15. The van der Waals surface area contributed by atoms with E-state index in [2.05, 4.69) is 42.7 Å². The normalized spacial score (nSPS) is 10.6. The van der Waals surface area contributed by atoms with Gasteiger partial charge in [-0.3, -0.25) is 0 Å². The molecule has 0 bridgehead atoms. The Bertz CT molecular complexity index is 553. The summed E-state index contributed by atoms with van der Waals surface area (Å²) in [5.74, 6) is 2.15. The molecule has 0 radical (unpaired) electrons. The van der Waals surface area contributed by atoms with Crippen LogP contribution >= 0.6 is 27.3 Å². The highest BCUT2D eigenvalue weighted by Gasteiger charge is 2.08. The molecule has 0 aliphatic heterocycles. The van der Waals surface area contributed by atoms with E-state index in [1.807, 2.05) is 13.8 Å². The van der Waals surface area contributed by atoms with Crippen molar-refractivity contribution in [2.45, 2.75) is 26.8 Å². The summed E-state index contributed by atoms with van der Waals surface area (Å²) in [7, 11) is 0. The van der Waals surface area contributed by atoms with Crippen LogP contribution in [0.4, 0.5) is 11.6 Å². The van der Waals surface area contributed by atoms with Crippen molar-refractivity contribution in [1.82, 2.24) is 9.97 Å². The highest BCUT2D eigenvalue weighted by molar-refractivity contribution is 9.10. The molecule has 0 amide bonds. The Morgan fingerprint density at radius 3 is 2.83 bits per heavy atom. The molecule has 0 unspecified atom stereocenters. The van der Waals surface area contributed by atoms with E-state index in [9.17, 15) is 0 Å². The van der Waals surface area contributed by atoms with E-state index in [4.69, 9.17) is 5.73 Å². The number of thiophene rings is 1. The first kappa shape index (κ1) is 13.3. The average Bonchev–Trinajstić information content (AvgIpc) is 2.77. The lowest BCUT2D eigenvalue weighted by Gasteiger charge is -2.10. The third-order valence-corrected chi connectivity index (χ3v) is 4.30. The van der Waals surface area contributed by atoms with Crippen LogP contribution in [-0.2, 0) is 13.0 Å². The second kappa shape index (κ2) is 5.67. The fourth-order valence-corrected chi connectivity index (χ4v) is 2.92. The van der Waals surface area contributed by atoms with Crippen molar-refractivity contribution in [2.24, 2.45) is 0 Å². The van der Waals surface area contributed by atoms with Gasteiger partial charge in [0.2, 0.25) is 0 Å². The lowest BCUT2D eigenvalue weighted by atomic mass is 10.3. The van der Waals surface area contributed by atoms with Gasteiger partial charge in [-0.15, -0.1) is 11.3 Å². The van der Waals surface area contributed by atoms with Gasteiger partial charge in [0.15, 0.2) is 0 Å². The highest BCUT2D eigenvalue weighted by Crippen LogP contribution is 2.22. The minimum absolute atomic E-state index is 0.553. The molecule has 0 saturated carbocycles. The number of nitrogens with two attached hydrogens (primary N) is 1. The SMILES string of the molecule is CCc1nc(N)c(C)c(NCc2cc(Br)cs2)n1. The van der Waals surface area contributed by atoms with E-state index >= 15 is 0 Å². The van der Waals surface area contributed by atoms with Gasteiger partial charge in [-0.1, -0.05) is 6.92 Å². The van der Waals surface area contributed by atoms with Gasteiger partial charge in [0, 0.05) is 26.7 Å². The zero-order valence-corrected chi connectivity index (χ0v) is 12.7. The number of hydrogen-bond acceptors (Lipinski definition) is 5. The molecule has 0 aliphatic rings. The van der Waals surface area contributed by atoms with Gasteiger partial charge in [0.1, 0.15) is 17.5 Å². The van der Waals surface area contributed by atoms with Crippen molar-refractivity contribution < 1.29 is 0 Å². The number of aryl methyl sites for hydroxylation is 1. The molecule has 2 aromatic heterocycles. The summed E-state index contributed by atoms with van der Waals surface area (Å²) in [6.07, 6.45) is 0.781. The summed E-state index contributed by atoms with van der Waals surface area (Å²) in [5.41, 5.74) is 6.78. The lowest BCUT2D eigenvalue weighted by Crippen LogP contribution is -2.08. The van der Waals surface area contributed by atoms with Crippen molar-refractivity contribution in [1.29, 1.82) is 0 Å². The first-order valence-electron chi connectivity index (χ1n) is 5.70. The molecule has 0 atom stereocenters. The van der Waals surface area contributed by atoms with Crippen molar-refractivity contribution >= 4 is 38.9 Å². The lowest BCUT2D eigenvalue weighted by molar-refractivity contribution is 0.930. The quantitative estimate of drug-likeness (QED) is 0.904. The minimum atomic E-state index is 0.553. The van der Waals surface area contributed by atoms with Crippen LogP contribution in [0.5, 0.6) is 0 Å². The van der Waals surface area contributed by atoms with Crippen LogP contribution < -0.4 is 11.1 Å².